The monoisotopic (exact) mass is 228 g/mol. The van der Waals surface area contributed by atoms with E-state index in [9.17, 15) is 0 Å². The van der Waals surface area contributed by atoms with Gasteiger partial charge in [0.05, 0.1) is 12.2 Å². The molecule has 1 aliphatic heterocycles. The second-order valence-corrected chi connectivity index (χ2v) is 4.45. The van der Waals surface area contributed by atoms with E-state index in [0.29, 0.717) is 6.04 Å². The second kappa shape index (κ2) is 4.30. The topological polar surface area (TPSA) is 42.7 Å². The van der Waals surface area contributed by atoms with Crippen molar-refractivity contribution in [3.8, 4) is 11.3 Å². The van der Waals surface area contributed by atoms with Crippen LogP contribution in [0.3, 0.4) is 0 Å². The maximum Gasteiger partial charge on any atom is 0.113 e. The predicted octanol–water partition coefficient (Wildman–Crippen LogP) is 1.65. The molecule has 0 unspecified atom stereocenters. The Labute approximate surface area is 101 Å². The molecule has 4 nitrogen and oxygen atoms in total. The van der Waals surface area contributed by atoms with E-state index in [1.807, 2.05) is 10.9 Å². The smallest absolute Gasteiger partial charge is 0.113 e. The minimum atomic E-state index is 0.478. The molecule has 0 bridgehead atoms. The van der Waals surface area contributed by atoms with Gasteiger partial charge in [-0.3, -0.25) is 0 Å². The molecule has 1 N–H and O–H groups in total. The summed E-state index contributed by atoms with van der Waals surface area (Å²) in [6.45, 7) is 4.16. The molecule has 1 aromatic carbocycles. The first kappa shape index (κ1) is 10.5. The molecule has 4 heteroatoms. The molecule has 1 saturated heterocycles. The molecule has 3 rings (SSSR count). The van der Waals surface area contributed by atoms with Gasteiger partial charge in [0.15, 0.2) is 0 Å². The van der Waals surface area contributed by atoms with E-state index < -0.39 is 0 Å². The number of benzene rings is 1. The zero-order valence-electron chi connectivity index (χ0n) is 9.93. The molecule has 0 spiro atoms. The number of hydrogen-bond donors (Lipinski definition) is 1. The first-order valence-corrected chi connectivity index (χ1v) is 6.08. The molecule has 0 atom stereocenters. The van der Waals surface area contributed by atoms with Gasteiger partial charge in [0.25, 0.3) is 0 Å². The summed E-state index contributed by atoms with van der Waals surface area (Å²) >= 11 is 0. The largest absolute Gasteiger partial charge is 0.312 e. The fourth-order valence-corrected chi connectivity index (χ4v) is 1.96. The second-order valence-electron chi connectivity index (χ2n) is 4.45. The highest BCUT2D eigenvalue weighted by Gasteiger charge is 2.20. The number of nitrogens with one attached hydrogen (secondary N) is 1. The van der Waals surface area contributed by atoms with E-state index in [-0.39, 0.29) is 0 Å². The maximum atomic E-state index is 4.23. The predicted molar refractivity (Wildman–Crippen MR) is 66.7 cm³/mol. The van der Waals surface area contributed by atoms with Gasteiger partial charge in [0.1, 0.15) is 5.69 Å². The van der Waals surface area contributed by atoms with Gasteiger partial charge in [-0.15, -0.1) is 5.10 Å². The first-order valence-electron chi connectivity index (χ1n) is 6.08. The van der Waals surface area contributed by atoms with Gasteiger partial charge in [0, 0.05) is 18.7 Å². The van der Waals surface area contributed by atoms with Crippen molar-refractivity contribution in [1.82, 2.24) is 20.3 Å². The van der Waals surface area contributed by atoms with Crippen LogP contribution in [-0.4, -0.2) is 28.1 Å². The average molecular weight is 228 g/mol. The zero-order chi connectivity index (χ0) is 11.7. The van der Waals surface area contributed by atoms with E-state index in [4.69, 9.17) is 0 Å². The van der Waals surface area contributed by atoms with Crippen molar-refractivity contribution >= 4 is 0 Å². The molecule has 0 aliphatic carbocycles. The Hall–Kier alpha value is -1.68. The molecule has 1 aromatic heterocycles. The standard InChI is InChI=1S/C13H16N4/c1-2-10-3-5-11(6-4-10)13-9-17(16-15-13)12-7-14-8-12/h3-6,9,12,14H,2,7-8H2,1H3. The van der Waals surface area contributed by atoms with Crippen LogP contribution < -0.4 is 5.32 Å². The summed E-state index contributed by atoms with van der Waals surface area (Å²) in [4.78, 5) is 0. The lowest BCUT2D eigenvalue weighted by Gasteiger charge is -2.26. The Morgan fingerprint density at radius 1 is 1.29 bits per heavy atom. The van der Waals surface area contributed by atoms with Crippen LogP contribution >= 0.6 is 0 Å². The minimum Gasteiger partial charge on any atom is -0.312 e. The van der Waals surface area contributed by atoms with Crippen molar-refractivity contribution in [2.45, 2.75) is 19.4 Å². The van der Waals surface area contributed by atoms with Crippen LogP contribution in [-0.2, 0) is 6.42 Å². The molecular formula is C13H16N4. The SMILES string of the molecule is CCc1ccc(-c2cn(C3CNC3)nn2)cc1. The van der Waals surface area contributed by atoms with Crippen molar-refractivity contribution < 1.29 is 0 Å². The van der Waals surface area contributed by atoms with Gasteiger partial charge >= 0.3 is 0 Å². The number of rotatable bonds is 3. The summed E-state index contributed by atoms with van der Waals surface area (Å²) in [7, 11) is 0. The van der Waals surface area contributed by atoms with E-state index in [2.05, 4.69) is 46.8 Å². The molecular weight excluding hydrogens is 212 g/mol. The number of nitrogens with zero attached hydrogens (tertiary/aromatic N) is 3. The fraction of sp³-hybridized carbons (Fsp3) is 0.385. The quantitative estimate of drug-likeness (QED) is 0.868. The number of aryl methyl sites for hydroxylation is 1. The van der Waals surface area contributed by atoms with E-state index >= 15 is 0 Å². The summed E-state index contributed by atoms with van der Waals surface area (Å²) in [5.41, 5.74) is 3.45. The Morgan fingerprint density at radius 3 is 2.65 bits per heavy atom. The van der Waals surface area contributed by atoms with Crippen LogP contribution in [0.5, 0.6) is 0 Å². The lowest BCUT2D eigenvalue weighted by atomic mass is 10.1. The van der Waals surface area contributed by atoms with Crippen molar-refractivity contribution in [2.75, 3.05) is 13.1 Å². The zero-order valence-corrected chi connectivity index (χ0v) is 9.93. The fourth-order valence-electron chi connectivity index (χ4n) is 1.96. The normalized spacial score (nSPS) is 15.8. The Morgan fingerprint density at radius 2 is 2.06 bits per heavy atom. The van der Waals surface area contributed by atoms with Gasteiger partial charge in [-0.25, -0.2) is 4.68 Å². The van der Waals surface area contributed by atoms with Crippen molar-refractivity contribution in [3.63, 3.8) is 0 Å². The van der Waals surface area contributed by atoms with E-state index in [1.165, 1.54) is 5.56 Å². The lowest BCUT2D eigenvalue weighted by Crippen LogP contribution is -2.43. The first-order chi connectivity index (χ1) is 8.36. The average Bonchev–Trinajstić information content (AvgIpc) is 2.76. The van der Waals surface area contributed by atoms with Gasteiger partial charge in [-0.05, 0) is 12.0 Å². The van der Waals surface area contributed by atoms with Crippen LogP contribution in [0.15, 0.2) is 30.5 Å². The summed E-state index contributed by atoms with van der Waals surface area (Å²) in [6.07, 6.45) is 3.10. The van der Waals surface area contributed by atoms with E-state index in [1.54, 1.807) is 0 Å². The highest BCUT2D eigenvalue weighted by atomic mass is 15.4. The third kappa shape index (κ3) is 1.96. The van der Waals surface area contributed by atoms with Crippen molar-refractivity contribution in [3.05, 3.63) is 36.0 Å². The van der Waals surface area contributed by atoms with Crippen LogP contribution in [0.1, 0.15) is 18.5 Å². The molecule has 0 amide bonds. The Kier molecular flexibility index (Phi) is 2.65. The molecule has 0 saturated carbocycles. The molecule has 1 aliphatic rings. The van der Waals surface area contributed by atoms with Gasteiger partial charge in [-0.2, -0.15) is 0 Å². The van der Waals surface area contributed by atoms with Gasteiger partial charge in [0.2, 0.25) is 0 Å². The van der Waals surface area contributed by atoms with Crippen LogP contribution in [0.25, 0.3) is 11.3 Å². The third-order valence-electron chi connectivity index (χ3n) is 3.30. The summed E-state index contributed by atoms with van der Waals surface area (Å²) < 4.78 is 1.96. The molecule has 2 heterocycles. The molecule has 17 heavy (non-hydrogen) atoms. The molecule has 88 valence electrons. The summed E-state index contributed by atoms with van der Waals surface area (Å²) in [5.74, 6) is 0. The highest BCUT2D eigenvalue weighted by molar-refractivity contribution is 5.58. The molecule has 0 radical (unpaired) electrons. The van der Waals surface area contributed by atoms with E-state index in [0.717, 1.165) is 30.8 Å². The van der Waals surface area contributed by atoms with Gasteiger partial charge < -0.3 is 5.32 Å². The summed E-state index contributed by atoms with van der Waals surface area (Å²) in [6, 6.07) is 9.02. The van der Waals surface area contributed by atoms with Crippen LogP contribution in [0.4, 0.5) is 0 Å². The lowest BCUT2D eigenvalue weighted by molar-refractivity contribution is 0.313. The maximum absolute atomic E-state index is 4.23. The molecule has 1 fully saturated rings. The van der Waals surface area contributed by atoms with Crippen molar-refractivity contribution in [1.29, 1.82) is 0 Å². The van der Waals surface area contributed by atoms with Crippen LogP contribution in [0.2, 0.25) is 0 Å². The molecule has 2 aromatic rings. The third-order valence-corrected chi connectivity index (χ3v) is 3.30. The number of aromatic nitrogens is 3. The van der Waals surface area contributed by atoms with Crippen molar-refractivity contribution in [2.24, 2.45) is 0 Å². The minimum absolute atomic E-state index is 0.478. The van der Waals surface area contributed by atoms with Crippen LogP contribution in [0, 0.1) is 0 Å². The highest BCUT2D eigenvalue weighted by Crippen LogP contribution is 2.19. The van der Waals surface area contributed by atoms with Gasteiger partial charge in [-0.1, -0.05) is 36.4 Å². The Balaban J connectivity index is 1.84. The summed E-state index contributed by atoms with van der Waals surface area (Å²) in [5, 5.41) is 11.6. The number of hydrogen-bond acceptors (Lipinski definition) is 3. The Bertz CT molecular complexity index is 496.